The van der Waals surface area contributed by atoms with Crippen molar-refractivity contribution in [2.24, 2.45) is 0 Å². The van der Waals surface area contributed by atoms with Gasteiger partial charge in [0.05, 0.1) is 0 Å². The molecule has 0 aromatic heterocycles. The van der Waals surface area contributed by atoms with Crippen LogP contribution in [0.1, 0.15) is 34.1 Å². The van der Waals surface area contributed by atoms with Gasteiger partial charge in [0.2, 0.25) is 0 Å². The quantitative estimate of drug-likeness (QED) is 0.315. The molecule has 0 aromatic rings. The Hall–Kier alpha value is 1.02. The van der Waals surface area contributed by atoms with Crippen LogP contribution in [0.25, 0.3) is 0 Å². The van der Waals surface area contributed by atoms with Crippen LogP contribution in [0.5, 0.6) is 0 Å². The zero-order chi connectivity index (χ0) is 16.4. The molecule has 0 aromatic carbocycles. The molecule has 0 fully saturated rings. The molecule has 18 heavy (non-hydrogen) atoms. The third-order valence-corrected chi connectivity index (χ3v) is 0. The summed E-state index contributed by atoms with van der Waals surface area (Å²) in [6.07, 6.45) is 1.25. The summed E-state index contributed by atoms with van der Waals surface area (Å²) in [6, 6.07) is 0. The molecule has 0 saturated heterocycles. The summed E-state index contributed by atoms with van der Waals surface area (Å²) in [4.78, 5) is 45.3. The first kappa shape index (κ1) is 31.4. The van der Waals surface area contributed by atoms with E-state index in [1.807, 2.05) is 27.9 Å². The van der Waals surface area contributed by atoms with Gasteiger partial charge in [0.15, 0.2) is 0 Å². The van der Waals surface area contributed by atoms with Crippen molar-refractivity contribution in [3.63, 3.8) is 0 Å². The van der Waals surface area contributed by atoms with E-state index in [1.54, 1.807) is 0 Å². The van der Waals surface area contributed by atoms with E-state index in [2.05, 4.69) is 42.8 Å². The van der Waals surface area contributed by atoms with E-state index in [-0.39, 0.29) is 0 Å². The molecular weight excluding hydrogens is 320 g/mol. The molecule has 0 bridgehead atoms. The molecule has 0 atom stereocenters. The number of nitrogens with one attached hydrogen (secondary N) is 1. The maximum absolute atomic E-state index is 7.56. The highest BCUT2D eigenvalue weighted by Crippen LogP contribution is 2.26. The lowest BCUT2D eigenvalue weighted by Gasteiger charge is -1.88. The summed E-state index contributed by atoms with van der Waals surface area (Å²) >= 11 is 7.21. The summed E-state index contributed by atoms with van der Waals surface area (Å²) in [7, 11) is 3.75. The molecule has 0 saturated carbocycles. The summed E-state index contributed by atoms with van der Waals surface area (Å²) < 4.78 is 0. The molecule has 0 spiro atoms. The van der Waals surface area contributed by atoms with E-state index in [0.29, 0.717) is 0 Å². The Bertz CT molecular complexity index is 170. The normalized spacial score (nSPS) is 8.89. The van der Waals surface area contributed by atoms with Crippen LogP contribution in [0.2, 0.25) is 0 Å². The van der Waals surface area contributed by atoms with Crippen molar-refractivity contribution >= 4 is 37.1 Å². The SMILES string of the molecule is CC.CCC.CNC.OP(O)(O)=S.OP(O)(O)=S. The highest BCUT2D eigenvalue weighted by atomic mass is 32.5. The Morgan fingerprint density at radius 2 is 0.778 bits per heavy atom. The van der Waals surface area contributed by atoms with Gasteiger partial charge in [0.25, 0.3) is 0 Å². The van der Waals surface area contributed by atoms with Gasteiger partial charge in [0.1, 0.15) is 0 Å². The second-order valence-corrected chi connectivity index (χ2v) is 7.23. The maximum Gasteiger partial charge on any atom is 0.319 e. The van der Waals surface area contributed by atoms with Gasteiger partial charge in [0, 0.05) is 0 Å². The van der Waals surface area contributed by atoms with E-state index in [4.69, 9.17) is 29.4 Å². The first-order valence-corrected chi connectivity index (χ1v) is 10.3. The Morgan fingerprint density at radius 1 is 0.778 bits per heavy atom. The summed E-state index contributed by atoms with van der Waals surface area (Å²) in [5.41, 5.74) is 0. The molecule has 0 aliphatic rings. The molecule has 0 unspecified atom stereocenters. The summed E-state index contributed by atoms with van der Waals surface area (Å²) in [5, 5.41) is 2.75. The summed E-state index contributed by atoms with van der Waals surface area (Å²) in [6.45, 7) is 0.639. The zero-order valence-electron chi connectivity index (χ0n) is 11.6. The topological polar surface area (TPSA) is 133 Å². The molecule has 7 nitrogen and oxygen atoms in total. The van der Waals surface area contributed by atoms with Crippen LogP contribution in [0.15, 0.2) is 0 Å². The first-order chi connectivity index (χ1) is 7.83. The van der Waals surface area contributed by atoms with Crippen molar-refractivity contribution in [2.45, 2.75) is 34.1 Å². The van der Waals surface area contributed by atoms with Gasteiger partial charge in [-0.05, 0) is 37.7 Å². The summed E-state index contributed by atoms with van der Waals surface area (Å²) in [5.74, 6) is 0. The lowest BCUT2D eigenvalue weighted by molar-refractivity contribution is 0.361. The Kier molecular flexibility index (Phi) is 40.4. The van der Waals surface area contributed by atoms with Gasteiger partial charge in [-0.1, -0.05) is 34.1 Å². The zero-order valence-corrected chi connectivity index (χ0v) is 15.0. The van der Waals surface area contributed by atoms with E-state index in [9.17, 15) is 0 Å². The number of hydrogen-bond acceptors (Lipinski definition) is 3. The van der Waals surface area contributed by atoms with Crippen molar-refractivity contribution in [1.29, 1.82) is 0 Å². The van der Waals surface area contributed by atoms with E-state index in [1.165, 1.54) is 6.42 Å². The minimum Gasteiger partial charge on any atom is -0.325 e. The van der Waals surface area contributed by atoms with Crippen molar-refractivity contribution in [2.75, 3.05) is 14.1 Å². The minimum absolute atomic E-state index is 1.25. The number of hydrogen-bond donors (Lipinski definition) is 7. The molecule has 0 aliphatic carbocycles. The third kappa shape index (κ3) is 4200. The second-order valence-electron chi connectivity index (χ2n) is 2.23. The van der Waals surface area contributed by atoms with Crippen LogP contribution in [0, 0.1) is 0 Å². The minimum atomic E-state index is -3.81. The molecule has 7 N–H and O–H groups in total. The van der Waals surface area contributed by atoms with Crippen molar-refractivity contribution in [3.05, 3.63) is 0 Å². The van der Waals surface area contributed by atoms with Crippen LogP contribution < -0.4 is 5.32 Å². The molecule has 0 radical (unpaired) electrons. The van der Waals surface area contributed by atoms with Crippen LogP contribution in [0.4, 0.5) is 0 Å². The van der Waals surface area contributed by atoms with Crippen LogP contribution in [-0.2, 0) is 23.6 Å². The Balaban J connectivity index is -0.0000000409. The van der Waals surface area contributed by atoms with Gasteiger partial charge in [-0.15, -0.1) is 0 Å². The average molecular weight is 347 g/mol. The first-order valence-electron chi connectivity index (χ1n) is 4.98. The van der Waals surface area contributed by atoms with E-state index < -0.39 is 13.4 Å². The predicted octanol–water partition coefficient (Wildman–Crippen LogP) is 0.654. The lowest BCUT2D eigenvalue weighted by atomic mass is 10.6. The molecule has 11 heteroatoms. The fourth-order valence-electron chi connectivity index (χ4n) is 0. The molecule has 118 valence electrons. The Labute approximate surface area is 120 Å². The van der Waals surface area contributed by atoms with Crippen LogP contribution in [-0.4, -0.2) is 43.5 Å². The average Bonchev–Trinajstić information content (AvgIpc) is 2.03. The van der Waals surface area contributed by atoms with Crippen molar-refractivity contribution in [1.82, 2.24) is 5.32 Å². The standard InChI is InChI=1S/C3H8.C2H7N.C2H6.2H3O3PS/c2*1-3-2;1-2;2*1-4(2,3)5/h3H2,1-2H3;3H,1-2H3;1-2H3;2*(H3,1,2,3,5). The van der Waals surface area contributed by atoms with Gasteiger partial charge in [-0.25, -0.2) is 0 Å². The second kappa shape index (κ2) is 23.1. The molecule has 0 aliphatic heterocycles. The largest absolute Gasteiger partial charge is 0.325 e. The molecular formula is C7H27NO6P2S2. The number of rotatable bonds is 0. The molecule has 0 heterocycles. The van der Waals surface area contributed by atoms with E-state index in [0.717, 1.165) is 0 Å². The van der Waals surface area contributed by atoms with Gasteiger partial charge in [-0.3, -0.25) is 0 Å². The highest BCUT2D eigenvalue weighted by molar-refractivity contribution is 8.06. The fourth-order valence-corrected chi connectivity index (χ4v) is 0. The predicted molar refractivity (Wildman–Crippen MR) is 84.2 cm³/mol. The van der Waals surface area contributed by atoms with Crippen LogP contribution >= 0.6 is 13.4 Å². The van der Waals surface area contributed by atoms with Crippen molar-refractivity contribution in [3.8, 4) is 0 Å². The third-order valence-electron chi connectivity index (χ3n) is 0. The van der Waals surface area contributed by atoms with Crippen LogP contribution in [0.3, 0.4) is 0 Å². The Morgan fingerprint density at radius 3 is 0.778 bits per heavy atom. The molecule has 0 amide bonds. The smallest absolute Gasteiger partial charge is 0.319 e. The van der Waals surface area contributed by atoms with Gasteiger partial charge in [-0.2, -0.15) is 0 Å². The van der Waals surface area contributed by atoms with Crippen molar-refractivity contribution < 1.29 is 29.4 Å². The van der Waals surface area contributed by atoms with E-state index >= 15 is 0 Å². The molecule has 0 rings (SSSR count). The van der Waals surface area contributed by atoms with Gasteiger partial charge < -0.3 is 34.7 Å². The fraction of sp³-hybridized carbons (Fsp3) is 1.00. The monoisotopic (exact) mass is 347 g/mol. The lowest BCUT2D eigenvalue weighted by Crippen LogP contribution is -1.89. The van der Waals surface area contributed by atoms with Gasteiger partial charge >= 0.3 is 13.4 Å². The maximum atomic E-state index is 7.56. The highest BCUT2D eigenvalue weighted by Gasteiger charge is 1.92.